The average molecular weight is 463 g/mol. The number of carbonyl (C=O) groups excluding carboxylic acids is 2. The summed E-state index contributed by atoms with van der Waals surface area (Å²) in [5.41, 5.74) is 0.537. The van der Waals surface area contributed by atoms with E-state index in [-0.39, 0.29) is 30.0 Å². The van der Waals surface area contributed by atoms with Crippen LogP contribution in [0.3, 0.4) is 0 Å². The Labute approximate surface area is 189 Å². The molecule has 0 saturated carbocycles. The van der Waals surface area contributed by atoms with Gasteiger partial charge in [0.15, 0.2) is 0 Å². The number of alkyl halides is 3. The monoisotopic (exact) mass is 463 g/mol. The van der Waals surface area contributed by atoms with E-state index in [2.05, 4.69) is 0 Å². The lowest BCUT2D eigenvalue weighted by molar-refractivity contribution is -0.138. The zero-order chi connectivity index (χ0) is 24.3. The van der Waals surface area contributed by atoms with E-state index in [1.54, 1.807) is 25.1 Å². The molecule has 0 aromatic heterocycles. The fourth-order valence-corrected chi connectivity index (χ4v) is 3.93. The minimum atomic E-state index is -4.55. The highest BCUT2D eigenvalue weighted by Gasteiger charge is 2.38. The van der Waals surface area contributed by atoms with Crippen LogP contribution in [0.1, 0.15) is 36.0 Å². The molecule has 1 amide bonds. The third-order valence-electron chi connectivity index (χ3n) is 5.60. The summed E-state index contributed by atoms with van der Waals surface area (Å²) in [4.78, 5) is 27.2. The van der Waals surface area contributed by atoms with Gasteiger partial charge in [0.1, 0.15) is 11.5 Å². The minimum Gasteiger partial charge on any atom is -0.497 e. The van der Waals surface area contributed by atoms with Crippen molar-refractivity contribution in [2.75, 3.05) is 21.3 Å². The maximum Gasteiger partial charge on any atom is 0.416 e. The average Bonchev–Trinajstić information content (AvgIpc) is 2.80. The number of ether oxygens (including phenoxy) is 3. The van der Waals surface area contributed by atoms with Crippen molar-refractivity contribution < 1.29 is 37.0 Å². The van der Waals surface area contributed by atoms with Gasteiger partial charge in [0.25, 0.3) is 0 Å². The van der Waals surface area contributed by atoms with Gasteiger partial charge in [0.05, 0.1) is 39.0 Å². The Bertz CT molecular complexity index is 1070. The van der Waals surface area contributed by atoms with E-state index in [9.17, 15) is 22.8 Å². The third kappa shape index (κ3) is 5.13. The van der Waals surface area contributed by atoms with E-state index in [1.807, 2.05) is 0 Å². The van der Waals surface area contributed by atoms with Crippen molar-refractivity contribution in [1.29, 1.82) is 0 Å². The second kappa shape index (κ2) is 9.56. The number of esters is 1. The number of hydrogen-bond acceptors (Lipinski definition) is 5. The van der Waals surface area contributed by atoms with Crippen LogP contribution in [0.5, 0.6) is 11.5 Å². The molecule has 1 heterocycles. The molecule has 0 fully saturated rings. The predicted octanol–water partition coefficient (Wildman–Crippen LogP) is 4.69. The van der Waals surface area contributed by atoms with E-state index in [0.29, 0.717) is 22.8 Å². The molecule has 2 aromatic rings. The molecule has 0 radical (unpaired) electrons. The number of rotatable bonds is 6. The van der Waals surface area contributed by atoms with Crippen molar-refractivity contribution in [1.82, 2.24) is 4.90 Å². The van der Waals surface area contributed by atoms with Gasteiger partial charge in [-0.3, -0.25) is 4.79 Å². The van der Waals surface area contributed by atoms with Crippen LogP contribution in [0.25, 0.3) is 0 Å². The Morgan fingerprint density at radius 3 is 2.24 bits per heavy atom. The maximum absolute atomic E-state index is 13.2. The summed E-state index contributed by atoms with van der Waals surface area (Å²) >= 11 is 0. The lowest BCUT2D eigenvalue weighted by Crippen LogP contribution is -2.38. The van der Waals surface area contributed by atoms with Gasteiger partial charge in [0.2, 0.25) is 5.91 Å². The molecule has 0 spiro atoms. The molecule has 1 unspecified atom stereocenters. The van der Waals surface area contributed by atoms with Crippen LogP contribution in [-0.2, 0) is 27.0 Å². The Morgan fingerprint density at radius 1 is 1.06 bits per heavy atom. The highest BCUT2D eigenvalue weighted by molar-refractivity contribution is 5.95. The highest BCUT2D eigenvalue weighted by atomic mass is 19.4. The van der Waals surface area contributed by atoms with Crippen molar-refractivity contribution in [3.63, 3.8) is 0 Å². The van der Waals surface area contributed by atoms with Crippen LogP contribution in [0.2, 0.25) is 0 Å². The first-order chi connectivity index (χ1) is 15.6. The summed E-state index contributed by atoms with van der Waals surface area (Å²) in [6, 6.07) is 9.82. The zero-order valence-electron chi connectivity index (χ0n) is 18.7. The van der Waals surface area contributed by atoms with Gasteiger partial charge in [-0.1, -0.05) is 18.2 Å². The fourth-order valence-electron chi connectivity index (χ4n) is 3.93. The zero-order valence-corrected chi connectivity index (χ0v) is 18.7. The second-order valence-corrected chi connectivity index (χ2v) is 7.57. The highest BCUT2D eigenvalue weighted by Crippen LogP contribution is 2.40. The number of carbonyl (C=O) groups is 2. The Balaban J connectivity index is 2.05. The molecule has 1 aliphatic heterocycles. The van der Waals surface area contributed by atoms with Crippen LogP contribution in [0.15, 0.2) is 53.7 Å². The molecule has 0 saturated heterocycles. The number of hydrogen-bond donors (Lipinski definition) is 0. The molecule has 0 bridgehead atoms. The summed E-state index contributed by atoms with van der Waals surface area (Å²) in [7, 11) is 4.20. The van der Waals surface area contributed by atoms with Crippen LogP contribution in [-0.4, -0.2) is 38.1 Å². The van der Waals surface area contributed by atoms with Crippen LogP contribution in [0.4, 0.5) is 13.2 Å². The quantitative estimate of drug-likeness (QED) is 0.582. The Morgan fingerprint density at radius 2 is 1.70 bits per heavy atom. The molecule has 6 nitrogen and oxygen atoms in total. The minimum absolute atomic E-state index is 0.119. The number of allylic oxidation sites excluding steroid dienone is 1. The van der Waals surface area contributed by atoms with Gasteiger partial charge in [-0.05, 0) is 36.2 Å². The third-order valence-corrected chi connectivity index (χ3v) is 5.60. The van der Waals surface area contributed by atoms with Gasteiger partial charge in [-0.2, -0.15) is 13.2 Å². The number of benzene rings is 2. The predicted molar refractivity (Wildman–Crippen MR) is 114 cm³/mol. The maximum atomic E-state index is 13.2. The van der Waals surface area contributed by atoms with Crippen molar-refractivity contribution in [3.8, 4) is 11.5 Å². The summed E-state index contributed by atoms with van der Waals surface area (Å²) in [6.07, 6.45) is -4.72. The molecule has 0 aliphatic carbocycles. The topological polar surface area (TPSA) is 65.1 Å². The fraction of sp³-hybridized carbons (Fsp3) is 0.333. The molecule has 0 N–H and O–H groups in total. The Hall–Kier alpha value is -3.49. The van der Waals surface area contributed by atoms with E-state index in [4.69, 9.17) is 14.2 Å². The van der Waals surface area contributed by atoms with Gasteiger partial charge >= 0.3 is 12.1 Å². The molecule has 9 heteroatoms. The molecule has 1 atom stereocenters. The number of methoxy groups -OCH3 is 3. The van der Waals surface area contributed by atoms with E-state index in [0.717, 1.165) is 12.1 Å². The van der Waals surface area contributed by atoms with E-state index in [1.165, 1.54) is 38.4 Å². The molecule has 33 heavy (non-hydrogen) atoms. The lowest BCUT2D eigenvalue weighted by atomic mass is 9.83. The SMILES string of the molecule is COC(=O)C1=C(C)N(Cc2cc(OC)cc(OC)c2)C(=O)CC1c1cccc(C(F)(F)F)c1. The van der Waals surface area contributed by atoms with Gasteiger partial charge in [-0.15, -0.1) is 0 Å². The first-order valence-electron chi connectivity index (χ1n) is 10.1. The number of nitrogens with zero attached hydrogens (tertiary/aromatic N) is 1. The van der Waals surface area contributed by atoms with Gasteiger partial charge < -0.3 is 19.1 Å². The normalized spacial score (nSPS) is 16.6. The first-order valence-corrected chi connectivity index (χ1v) is 10.1. The van der Waals surface area contributed by atoms with Crippen molar-refractivity contribution in [3.05, 3.63) is 70.4 Å². The first kappa shape index (κ1) is 24.2. The summed E-state index contributed by atoms with van der Waals surface area (Å²) in [6.45, 7) is 1.70. The Kier molecular flexibility index (Phi) is 7.00. The molecule has 3 rings (SSSR count). The van der Waals surface area contributed by atoms with Gasteiger partial charge in [-0.25, -0.2) is 4.79 Å². The molecule has 176 valence electrons. The molecule has 1 aliphatic rings. The van der Waals surface area contributed by atoms with Crippen molar-refractivity contribution >= 4 is 11.9 Å². The molecular formula is C24H24F3NO5. The molecule has 2 aromatic carbocycles. The van der Waals surface area contributed by atoms with Crippen LogP contribution in [0, 0.1) is 0 Å². The summed E-state index contributed by atoms with van der Waals surface area (Å²) in [5.74, 6) is -0.820. The van der Waals surface area contributed by atoms with Crippen LogP contribution < -0.4 is 9.47 Å². The standard InChI is InChI=1S/C24H24F3NO5/c1-14-22(23(30)33-4)20(16-6-5-7-17(10-16)24(25,26)27)12-21(29)28(14)13-15-8-18(31-2)11-19(9-15)32-3/h5-11,20H,12-13H2,1-4H3. The number of halogens is 3. The number of amides is 1. The smallest absolute Gasteiger partial charge is 0.416 e. The summed E-state index contributed by atoms with van der Waals surface area (Å²) < 4.78 is 55.2. The lowest BCUT2D eigenvalue weighted by Gasteiger charge is -2.34. The summed E-state index contributed by atoms with van der Waals surface area (Å²) in [5, 5.41) is 0. The largest absolute Gasteiger partial charge is 0.497 e. The van der Waals surface area contributed by atoms with E-state index < -0.39 is 23.6 Å². The van der Waals surface area contributed by atoms with E-state index >= 15 is 0 Å². The van der Waals surface area contributed by atoms with Crippen molar-refractivity contribution in [2.24, 2.45) is 0 Å². The molecular weight excluding hydrogens is 439 g/mol. The van der Waals surface area contributed by atoms with Crippen molar-refractivity contribution in [2.45, 2.75) is 32.0 Å². The van der Waals surface area contributed by atoms with Gasteiger partial charge in [0, 0.05) is 24.1 Å². The second-order valence-electron chi connectivity index (χ2n) is 7.57. The van der Waals surface area contributed by atoms with Crippen LogP contribution >= 0.6 is 0 Å².